The second kappa shape index (κ2) is 13.9. The fourth-order valence-electron chi connectivity index (χ4n) is 3.82. The molecule has 40 heavy (non-hydrogen) atoms. The Balaban J connectivity index is 0.000000417. The van der Waals surface area contributed by atoms with Crippen LogP contribution in [0.2, 0.25) is 0 Å². The van der Waals surface area contributed by atoms with Crippen molar-refractivity contribution < 1.29 is 60.0 Å². The molecule has 0 bridgehead atoms. The molecule has 212 valence electrons. The maximum absolute atomic E-state index is 10.2. The van der Waals surface area contributed by atoms with E-state index >= 15 is 0 Å². The van der Waals surface area contributed by atoms with Gasteiger partial charge < -0.3 is 40.9 Å². The molecule has 0 amide bonds. The summed E-state index contributed by atoms with van der Waals surface area (Å²) in [5.41, 5.74) is 0. The minimum atomic E-state index is -0.833. The van der Waals surface area contributed by atoms with Crippen LogP contribution in [0.15, 0.2) is 48.5 Å². The van der Waals surface area contributed by atoms with Crippen molar-refractivity contribution in [3.05, 3.63) is 48.5 Å². The molecule has 0 saturated heterocycles. The van der Waals surface area contributed by atoms with Gasteiger partial charge in [0, 0.05) is 38.5 Å². The molecule has 0 aromatic heterocycles. The molecule has 5 aromatic rings. The number of carboxylic acids is 4. The Hall–Kier alpha value is -5.52. The van der Waals surface area contributed by atoms with Crippen LogP contribution in [0.25, 0.3) is 43.1 Å². The molecule has 0 radical (unpaired) electrons. The quantitative estimate of drug-likeness (QED) is 0.0938. The highest BCUT2D eigenvalue weighted by Gasteiger charge is 2.19. The first kappa shape index (κ1) is 32.5. The van der Waals surface area contributed by atoms with Crippen molar-refractivity contribution in [3.63, 3.8) is 0 Å². The Bertz CT molecular complexity index is 1430. The Labute approximate surface area is 226 Å². The van der Waals surface area contributed by atoms with E-state index in [0.717, 1.165) is 60.0 Å². The molecule has 12 nitrogen and oxygen atoms in total. The van der Waals surface area contributed by atoms with Crippen molar-refractivity contribution in [2.75, 3.05) is 0 Å². The Morgan fingerprint density at radius 2 is 0.525 bits per heavy atom. The summed E-state index contributed by atoms with van der Waals surface area (Å²) in [5.74, 6) is -3.26. The SMILES string of the molecule is CC(=O)O.CC(=O)O.CC(=O)O.CC(=O)O.Oc1ccc2c3ccc(O)c4c(O)ccc(c5ccc(O)c1c25)c43. The van der Waals surface area contributed by atoms with E-state index in [1.165, 1.54) is 0 Å². The van der Waals surface area contributed by atoms with Crippen molar-refractivity contribution in [1.82, 2.24) is 0 Å². The molecule has 5 rings (SSSR count). The second-order valence-electron chi connectivity index (χ2n) is 8.11. The predicted molar refractivity (Wildman–Crippen MR) is 148 cm³/mol. The highest BCUT2D eigenvalue weighted by Crippen LogP contribution is 2.48. The van der Waals surface area contributed by atoms with E-state index in [1.807, 2.05) is 0 Å². The molecule has 0 saturated carbocycles. The summed E-state index contributed by atoms with van der Waals surface area (Å²) in [6.07, 6.45) is 0. The van der Waals surface area contributed by atoms with Gasteiger partial charge in [0.2, 0.25) is 0 Å². The lowest BCUT2D eigenvalue weighted by Gasteiger charge is -2.16. The molecule has 0 aliphatic rings. The first-order valence-electron chi connectivity index (χ1n) is 11.2. The summed E-state index contributed by atoms with van der Waals surface area (Å²) in [7, 11) is 0. The topological polar surface area (TPSA) is 230 Å². The number of carboxylic acid groups (broad SMARTS) is 4. The van der Waals surface area contributed by atoms with Gasteiger partial charge in [-0.1, -0.05) is 24.3 Å². The van der Waals surface area contributed by atoms with Crippen LogP contribution < -0.4 is 0 Å². The number of carbonyl (C=O) groups is 4. The molecule has 0 aliphatic heterocycles. The molecule has 12 heteroatoms. The highest BCUT2D eigenvalue weighted by atomic mass is 16.4. The van der Waals surface area contributed by atoms with Gasteiger partial charge in [0.15, 0.2) is 0 Å². The first-order chi connectivity index (χ1) is 18.5. The monoisotopic (exact) mass is 556 g/mol. The molecule has 8 N–H and O–H groups in total. The number of aliphatic carboxylic acids is 4. The van der Waals surface area contributed by atoms with Crippen LogP contribution in [0, 0.1) is 0 Å². The lowest BCUT2D eigenvalue weighted by Crippen LogP contribution is -1.88. The summed E-state index contributed by atoms with van der Waals surface area (Å²) in [6, 6.07) is 13.4. The molecule has 0 fully saturated rings. The molecule has 0 unspecified atom stereocenters. The number of phenols is 4. The number of rotatable bonds is 0. The Morgan fingerprint density at radius 3 is 0.675 bits per heavy atom. The van der Waals surface area contributed by atoms with Gasteiger partial charge in [-0.05, 0) is 45.8 Å². The van der Waals surface area contributed by atoms with E-state index in [9.17, 15) is 20.4 Å². The number of phenolic OH excluding ortho intramolecular Hbond substituents is 4. The van der Waals surface area contributed by atoms with Crippen LogP contribution in [-0.2, 0) is 19.2 Å². The van der Waals surface area contributed by atoms with E-state index in [1.54, 1.807) is 48.5 Å². The van der Waals surface area contributed by atoms with Crippen molar-refractivity contribution in [3.8, 4) is 23.0 Å². The number of hydrogen-bond donors (Lipinski definition) is 8. The van der Waals surface area contributed by atoms with Crippen molar-refractivity contribution in [1.29, 1.82) is 0 Å². The van der Waals surface area contributed by atoms with E-state index in [-0.39, 0.29) is 23.0 Å². The van der Waals surface area contributed by atoms with Gasteiger partial charge in [0.05, 0.1) is 10.8 Å². The van der Waals surface area contributed by atoms with Gasteiger partial charge in [-0.2, -0.15) is 0 Å². The zero-order chi connectivity index (χ0) is 30.9. The fourth-order valence-corrected chi connectivity index (χ4v) is 3.82. The third-order valence-corrected chi connectivity index (χ3v) is 4.81. The van der Waals surface area contributed by atoms with Gasteiger partial charge in [-0.3, -0.25) is 19.2 Å². The Morgan fingerprint density at radius 1 is 0.375 bits per heavy atom. The van der Waals surface area contributed by atoms with Gasteiger partial charge in [0.1, 0.15) is 23.0 Å². The van der Waals surface area contributed by atoms with Crippen LogP contribution in [0.1, 0.15) is 27.7 Å². The average Bonchev–Trinajstić information content (AvgIpc) is 2.79. The molecule has 0 heterocycles. The van der Waals surface area contributed by atoms with E-state index < -0.39 is 23.9 Å². The maximum atomic E-state index is 10.2. The van der Waals surface area contributed by atoms with Gasteiger partial charge in [-0.25, -0.2) is 0 Å². The second-order valence-corrected chi connectivity index (χ2v) is 8.11. The van der Waals surface area contributed by atoms with E-state index in [4.69, 9.17) is 39.6 Å². The third-order valence-electron chi connectivity index (χ3n) is 4.81. The van der Waals surface area contributed by atoms with E-state index in [0.29, 0.717) is 10.8 Å². The highest BCUT2D eigenvalue weighted by molar-refractivity contribution is 6.35. The van der Waals surface area contributed by atoms with Crippen LogP contribution >= 0.6 is 0 Å². The predicted octanol–water partition coefficient (Wildman–Crippen LogP) is 4.92. The molecule has 0 spiro atoms. The van der Waals surface area contributed by atoms with Crippen LogP contribution in [0.3, 0.4) is 0 Å². The molecular formula is C28H28O12. The third kappa shape index (κ3) is 8.25. The zero-order valence-corrected chi connectivity index (χ0v) is 21.8. The smallest absolute Gasteiger partial charge is 0.300 e. The number of aromatic hydroxyl groups is 4. The fraction of sp³-hybridized carbons (Fsp3) is 0.143. The number of hydrogen-bond acceptors (Lipinski definition) is 8. The first-order valence-corrected chi connectivity index (χ1v) is 11.2. The largest absolute Gasteiger partial charge is 0.507 e. The minimum absolute atomic E-state index is 0.0188. The standard InChI is InChI=1S/C20H12O4.4C2H4O2/c21-13-5-1-9-10-2-6-15(23)20-16(24)8-4-12(18(10)20)11-3-7-14(22)19(13)17(9)11;4*1-2(3)4/h1-8,21-24H;4*1H3,(H,3,4). The molecular weight excluding hydrogens is 528 g/mol. The summed E-state index contributed by atoms with van der Waals surface area (Å²) in [6.45, 7) is 4.33. The van der Waals surface area contributed by atoms with Gasteiger partial charge in [0.25, 0.3) is 23.9 Å². The summed E-state index contributed by atoms with van der Waals surface area (Å²) in [5, 5.41) is 76.2. The summed E-state index contributed by atoms with van der Waals surface area (Å²) < 4.78 is 0. The van der Waals surface area contributed by atoms with Crippen LogP contribution in [-0.4, -0.2) is 64.7 Å². The maximum Gasteiger partial charge on any atom is 0.300 e. The lowest BCUT2D eigenvalue weighted by atomic mass is 9.89. The van der Waals surface area contributed by atoms with Crippen LogP contribution in [0.5, 0.6) is 23.0 Å². The normalized spacial score (nSPS) is 9.70. The number of benzene rings is 5. The van der Waals surface area contributed by atoms with Gasteiger partial charge in [-0.15, -0.1) is 0 Å². The Kier molecular flexibility index (Phi) is 11.3. The van der Waals surface area contributed by atoms with E-state index in [2.05, 4.69) is 0 Å². The molecule has 0 aliphatic carbocycles. The molecule has 0 atom stereocenters. The summed E-state index contributed by atoms with van der Waals surface area (Å²) >= 11 is 0. The van der Waals surface area contributed by atoms with Gasteiger partial charge >= 0.3 is 0 Å². The zero-order valence-electron chi connectivity index (χ0n) is 21.8. The van der Waals surface area contributed by atoms with Crippen LogP contribution in [0.4, 0.5) is 0 Å². The average molecular weight is 557 g/mol. The lowest BCUT2D eigenvalue weighted by molar-refractivity contribution is -0.135. The summed E-state index contributed by atoms with van der Waals surface area (Å²) in [4.78, 5) is 36.0. The van der Waals surface area contributed by atoms with Crippen molar-refractivity contribution >= 4 is 67.0 Å². The van der Waals surface area contributed by atoms with Crippen molar-refractivity contribution in [2.45, 2.75) is 27.7 Å². The molecule has 5 aromatic carbocycles. The minimum Gasteiger partial charge on any atom is -0.507 e. The van der Waals surface area contributed by atoms with Crippen molar-refractivity contribution in [2.24, 2.45) is 0 Å². The number of fused-ring (bicyclic) bond motifs is 2.